The Hall–Kier alpha value is -0.630. The van der Waals surface area contributed by atoms with Crippen molar-refractivity contribution in [1.29, 1.82) is 0 Å². The molecule has 0 aromatic heterocycles. The molecule has 0 aliphatic heterocycles. The van der Waals surface area contributed by atoms with Crippen molar-refractivity contribution >= 4 is 5.78 Å². The Morgan fingerprint density at radius 1 is 1.58 bits per heavy atom. The van der Waals surface area contributed by atoms with E-state index in [1.165, 1.54) is 19.4 Å². The van der Waals surface area contributed by atoms with Gasteiger partial charge in [-0.25, -0.2) is 0 Å². The predicted octanol–water partition coefficient (Wildman–Crippen LogP) is 1.47. The minimum absolute atomic E-state index is 0.134. The lowest BCUT2D eigenvalue weighted by atomic mass is 10.3. The molecule has 1 rings (SSSR count). The summed E-state index contributed by atoms with van der Waals surface area (Å²) in [5.74, 6) is 1.07. The molecule has 0 aromatic carbocycles. The van der Waals surface area contributed by atoms with Gasteiger partial charge in [-0.2, -0.15) is 0 Å². The van der Waals surface area contributed by atoms with Crippen LogP contribution in [0.5, 0.6) is 0 Å². The van der Waals surface area contributed by atoms with Crippen LogP contribution >= 0.6 is 0 Å². The summed E-state index contributed by atoms with van der Waals surface area (Å²) in [6.45, 7) is 3.66. The monoisotopic (exact) mass is 167 g/mol. The highest BCUT2D eigenvalue weighted by molar-refractivity contribution is 5.87. The number of rotatable bonds is 5. The van der Waals surface area contributed by atoms with Crippen molar-refractivity contribution in [2.45, 2.75) is 19.8 Å². The van der Waals surface area contributed by atoms with Crippen molar-refractivity contribution in [3.63, 3.8) is 0 Å². The van der Waals surface area contributed by atoms with Gasteiger partial charge in [0.2, 0.25) is 0 Å². The molecule has 0 heterocycles. The van der Waals surface area contributed by atoms with E-state index in [4.69, 9.17) is 0 Å². The Balaban J connectivity index is 2.07. The smallest absolute Gasteiger partial charge is 0.152 e. The van der Waals surface area contributed by atoms with Crippen LogP contribution in [0, 0.1) is 5.92 Å². The number of hydrogen-bond donors (Lipinski definition) is 0. The van der Waals surface area contributed by atoms with Gasteiger partial charge in [0.1, 0.15) is 0 Å². The van der Waals surface area contributed by atoms with E-state index >= 15 is 0 Å². The summed E-state index contributed by atoms with van der Waals surface area (Å²) in [4.78, 5) is 12.8. The highest BCUT2D eigenvalue weighted by Crippen LogP contribution is 2.29. The summed E-state index contributed by atoms with van der Waals surface area (Å²) in [6.07, 6.45) is 6.36. The summed E-state index contributed by atoms with van der Waals surface area (Å²) in [7, 11) is 2.10. The lowest BCUT2D eigenvalue weighted by molar-refractivity contribution is -0.112. The molecule has 2 heteroatoms. The van der Waals surface area contributed by atoms with E-state index in [9.17, 15) is 4.79 Å². The number of carbonyl (C=O) groups is 1. The first-order valence-electron chi connectivity index (χ1n) is 4.54. The maximum absolute atomic E-state index is 10.6. The van der Waals surface area contributed by atoms with Crippen LogP contribution in [0.2, 0.25) is 0 Å². The Morgan fingerprint density at radius 3 is 2.75 bits per heavy atom. The third-order valence-electron chi connectivity index (χ3n) is 2.04. The highest BCUT2D eigenvalue weighted by Gasteiger charge is 2.21. The number of allylic oxidation sites excluding steroid dienone is 1. The van der Waals surface area contributed by atoms with Crippen LogP contribution in [0.1, 0.15) is 19.8 Å². The van der Waals surface area contributed by atoms with Crippen LogP contribution in [-0.4, -0.2) is 30.8 Å². The third kappa shape index (κ3) is 4.29. The van der Waals surface area contributed by atoms with E-state index in [0.717, 1.165) is 12.5 Å². The molecule has 0 unspecified atom stereocenters. The molecule has 0 bridgehead atoms. The zero-order chi connectivity index (χ0) is 8.97. The van der Waals surface area contributed by atoms with Gasteiger partial charge in [-0.05, 0) is 38.8 Å². The van der Waals surface area contributed by atoms with Crippen LogP contribution < -0.4 is 0 Å². The average Bonchev–Trinajstić information content (AvgIpc) is 2.70. The summed E-state index contributed by atoms with van der Waals surface area (Å²) >= 11 is 0. The van der Waals surface area contributed by atoms with Gasteiger partial charge in [0.15, 0.2) is 5.78 Å². The zero-order valence-corrected chi connectivity index (χ0v) is 7.92. The van der Waals surface area contributed by atoms with Gasteiger partial charge in [-0.1, -0.05) is 6.08 Å². The second-order valence-electron chi connectivity index (χ2n) is 3.68. The van der Waals surface area contributed by atoms with Crippen molar-refractivity contribution < 1.29 is 4.79 Å². The van der Waals surface area contributed by atoms with Crippen LogP contribution in [-0.2, 0) is 4.79 Å². The van der Waals surface area contributed by atoms with Crippen molar-refractivity contribution in [1.82, 2.24) is 4.90 Å². The molecule has 1 aliphatic carbocycles. The molecule has 0 amide bonds. The molecule has 0 N–H and O–H groups in total. The third-order valence-corrected chi connectivity index (χ3v) is 2.04. The number of likely N-dealkylation sites (N-methyl/N-ethyl adjacent to an activating group) is 1. The quantitative estimate of drug-likeness (QED) is 0.578. The second-order valence-corrected chi connectivity index (χ2v) is 3.68. The van der Waals surface area contributed by atoms with E-state index in [1.54, 1.807) is 13.0 Å². The predicted molar refractivity (Wildman–Crippen MR) is 50.0 cm³/mol. The number of nitrogens with zero attached hydrogens (tertiary/aromatic N) is 1. The topological polar surface area (TPSA) is 20.3 Å². The molecule has 0 saturated heterocycles. The van der Waals surface area contributed by atoms with E-state index in [0.29, 0.717) is 0 Å². The van der Waals surface area contributed by atoms with Gasteiger partial charge in [-0.3, -0.25) is 4.79 Å². The molecule has 12 heavy (non-hydrogen) atoms. The van der Waals surface area contributed by atoms with Gasteiger partial charge in [0, 0.05) is 13.1 Å². The molecule has 1 saturated carbocycles. The van der Waals surface area contributed by atoms with Gasteiger partial charge < -0.3 is 4.90 Å². The molecule has 2 nitrogen and oxygen atoms in total. The Kier molecular flexibility index (Phi) is 3.48. The van der Waals surface area contributed by atoms with Crippen LogP contribution in [0.15, 0.2) is 12.2 Å². The lowest BCUT2D eigenvalue weighted by Crippen LogP contribution is -2.20. The van der Waals surface area contributed by atoms with E-state index < -0.39 is 0 Å². The van der Waals surface area contributed by atoms with Crippen molar-refractivity contribution in [3.8, 4) is 0 Å². The van der Waals surface area contributed by atoms with Gasteiger partial charge in [0.05, 0.1) is 0 Å². The average molecular weight is 167 g/mol. The van der Waals surface area contributed by atoms with E-state index in [-0.39, 0.29) is 5.78 Å². The molecule has 1 fully saturated rings. The highest BCUT2D eigenvalue weighted by atomic mass is 16.1. The first kappa shape index (κ1) is 9.46. The van der Waals surface area contributed by atoms with Crippen LogP contribution in [0.25, 0.3) is 0 Å². The first-order chi connectivity index (χ1) is 5.68. The SMILES string of the molecule is CC(=O)/C=C/CN(C)CC1CC1. The largest absolute Gasteiger partial charge is 0.302 e. The Morgan fingerprint density at radius 2 is 2.25 bits per heavy atom. The summed E-state index contributed by atoms with van der Waals surface area (Å²) in [6, 6.07) is 0. The zero-order valence-electron chi connectivity index (χ0n) is 7.92. The standard InChI is InChI=1S/C10H17NO/c1-9(12)4-3-7-11(2)8-10-5-6-10/h3-4,10H,5-8H2,1-2H3/b4-3+. The van der Waals surface area contributed by atoms with Crippen LogP contribution in [0.3, 0.4) is 0 Å². The van der Waals surface area contributed by atoms with E-state index in [1.807, 2.05) is 6.08 Å². The first-order valence-corrected chi connectivity index (χ1v) is 4.54. The maximum Gasteiger partial charge on any atom is 0.152 e. The molecule has 0 atom stereocenters. The van der Waals surface area contributed by atoms with Gasteiger partial charge in [0.25, 0.3) is 0 Å². The number of hydrogen-bond acceptors (Lipinski definition) is 2. The maximum atomic E-state index is 10.6. The van der Waals surface area contributed by atoms with E-state index in [2.05, 4.69) is 11.9 Å². The number of ketones is 1. The summed E-state index contributed by atoms with van der Waals surface area (Å²) in [5.41, 5.74) is 0. The molecular weight excluding hydrogens is 150 g/mol. The van der Waals surface area contributed by atoms with Crippen molar-refractivity contribution in [2.75, 3.05) is 20.1 Å². The number of carbonyl (C=O) groups excluding carboxylic acids is 1. The molecule has 68 valence electrons. The minimum Gasteiger partial charge on any atom is -0.302 e. The lowest BCUT2D eigenvalue weighted by Gasteiger charge is -2.12. The molecular formula is C10H17NO. The Labute approximate surface area is 74.2 Å². The van der Waals surface area contributed by atoms with Crippen LogP contribution in [0.4, 0.5) is 0 Å². The molecule has 1 aliphatic rings. The fraction of sp³-hybridized carbons (Fsp3) is 0.700. The molecule has 0 spiro atoms. The minimum atomic E-state index is 0.134. The summed E-state index contributed by atoms with van der Waals surface area (Å²) in [5, 5.41) is 0. The van der Waals surface area contributed by atoms with Crippen molar-refractivity contribution in [2.24, 2.45) is 5.92 Å². The Bertz CT molecular complexity index is 182. The van der Waals surface area contributed by atoms with Crippen molar-refractivity contribution in [3.05, 3.63) is 12.2 Å². The normalized spacial score (nSPS) is 17.6. The summed E-state index contributed by atoms with van der Waals surface area (Å²) < 4.78 is 0. The fourth-order valence-corrected chi connectivity index (χ4v) is 1.21. The molecule has 0 aromatic rings. The second kappa shape index (κ2) is 4.41. The molecule has 0 radical (unpaired) electrons. The fourth-order valence-electron chi connectivity index (χ4n) is 1.21. The van der Waals surface area contributed by atoms with Gasteiger partial charge in [-0.15, -0.1) is 0 Å². The van der Waals surface area contributed by atoms with Gasteiger partial charge >= 0.3 is 0 Å².